The predicted molar refractivity (Wildman–Crippen MR) is 130 cm³/mol. The van der Waals surface area contributed by atoms with Gasteiger partial charge in [0.2, 0.25) is 10.0 Å². The molecule has 8 heteroatoms. The number of halogens is 1. The summed E-state index contributed by atoms with van der Waals surface area (Å²) in [5.41, 5.74) is 1.99. The van der Waals surface area contributed by atoms with Gasteiger partial charge in [0.1, 0.15) is 0 Å². The molecule has 0 radical (unpaired) electrons. The minimum atomic E-state index is -3.50. The molecule has 0 heterocycles. The number of guanidine groups is 1. The molecule has 0 spiro atoms. The lowest BCUT2D eigenvalue weighted by molar-refractivity contribution is 0.519. The smallest absolute Gasteiger partial charge is 0.242 e. The van der Waals surface area contributed by atoms with Gasteiger partial charge in [-0.3, -0.25) is 0 Å². The molecule has 0 saturated heterocycles. The van der Waals surface area contributed by atoms with Gasteiger partial charge in [0.05, 0.1) is 11.4 Å². The Kier molecular flexibility index (Phi) is 11.2. The summed E-state index contributed by atoms with van der Waals surface area (Å²) in [7, 11) is -0.425. The molecule has 2 rings (SSSR count). The van der Waals surface area contributed by atoms with Gasteiger partial charge in [-0.05, 0) is 37.0 Å². The molecular formula is C21H31IN4O2S. The molecular weight excluding hydrogens is 499 g/mol. The standard InChI is InChI=1S/C21H30N4O2S.HI/c1-4-22-21(23-16-10-13-18-11-6-5-7-12-18)24-17-19-14-8-9-15-20(19)28(26,27)25(2)3;/h5-9,11-12,14-15H,4,10,13,16-17H2,1-3H3,(H2,22,23,24);1H. The van der Waals surface area contributed by atoms with Crippen molar-refractivity contribution in [2.75, 3.05) is 27.2 Å². The van der Waals surface area contributed by atoms with Gasteiger partial charge in [0.25, 0.3) is 0 Å². The highest BCUT2D eigenvalue weighted by molar-refractivity contribution is 14.0. The summed E-state index contributed by atoms with van der Waals surface area (Å²) in [5.74, 6) is 0.688. The van der Waals surface area contributed by atoms with Crippen LogP contribution in [0.1, 0.15) is 24.5 Å². The highest BCUT2D eigenvalue weighted by atomic mass is 127. The van der Waals surface area contributed by atoms with Gasteiger partial charge in [-0.25, -0.2) is 17.7 Å². The van der Waals surface area contributed by atoms with E-state index in [1.807, 2.05) is 31.2 Å². The zero-order chi connectivity index (χ0) is 20.4. The van der Waals surface area contributed by atoms with Crippen molar-refractivity contribution in [1.82, 2.24) is 14.9 Å². The van der Waals surface area contributed by atoms with Crippen LogP contribution in [0.15, 0.2) is 64.5 Å². The Bertz CT molecular complexity index is 871. The number of benzene rings is 2. The number of hydrogen-bond acceptors (Lipinski definition) is 3. The first-order chi connectivity index (χ1) is 13.4. The van der Waals surface area contributed by atoms with Gasteiger partial charge in [-0.2, -0.15) is 0 Å². The van der Waals surface area contributed by atoms with Crippen molar-refractivity contribution in [1.29, 1.82) is 0 Å². The van der Waals surface area contributed by atoms with Gasteiger partial charge < -0.3 is 10.6 Å². The molecule has 0 fully saturated rings. The number of aryl methyl sites for hydroxylation is 1. The summed E-state index contributed by atoms with van der Waals surface area (Å²) in [6.07, 6.45) is 1.98. The lowest BCUT2D eigenvalue weighted by Crippen LogP contribution is -2.37. The second kappa shape index (κ2) is 12.8. The first kappa shape index (κ1) is 25.4. The van der Waals surface area contributed by atoms with Crippen molar-refractivity contribution < 1.29 is 8.42 Å². The quantitative estimate of drug-likeness (QED) is 0.226. The van der Waals surface area contributed by atoms with E-state index < -0.39 is 10.0 Å². The Morgan fingerprint density at radius 3 is 2.31 bits per heavy atom. The van der Waals surface area contributed by atoms with Crippen molar-refractivity contribution in [3.8, 4) is 0 Å². The van der Waals surface area contributed by atoms with Crippen LogP contribution < -0.4 is 10.6 Å². The molecule has 160 valence electrons. The van der Waals surface area contributed by atoms with Gasteiger partial charge >= 0.3 is 0 Å². The Labute approximate surface area is 191 Å². The minimum Gasteiger partial charge on any atom is -0.357 e. The van der Waals surface area contributed by atoms with Crippen molar-refractivity contribution >= 4 is 40.0 Å². The van der Waals surface area contributed by atoms with Gasteiger partial charge in [0.15, 0.2) is 5.96 Å². The third kappa shape index (κ3) is 7.94. The Morgan fingerprint density at radius 1 is 1.00 bits per heavy atom. The van der Waals surface area contributed by atoms with Crippen LogP contribution in [0.3, 0.4) is 0 Å². The van der Waals surface area contributed by atoms with E-state index in [0.29, 0.717) is 16.4 Å². The molecule has 2 N–H and O–H groups in total. The third-order valence-corrected chi connectivity index (χ3v) is 6.18. The highest BCUT2D eigenvalue weighted by Gasteiger charge is 2.20. The fourth-order valence-electron chi connectivity index (χ4n) is 2.73. The fraction of sp³-hybridized carbons (Fsp3) is 0.381. The van der Waals surface area contributed by atoms with E-state index in [9.17, 15) is 8.42 Å². The number of nitrogens with one attached hydrogen (secondary N) is 2. The van der Waals surface area contributed by atoms with E-state index in [4.69, 9.17) is 0 Å². The summed E-state index contributed by atoms with van der Waals surface area (Å²) >= 11 is 0. The number of sulfonamides is 1. The van der Waals surface area contributed by atoms with E-state index in [1.165, 1.54) is 24.0 Å². The maximum absolute atomic E-state index is 12.5. The summed E-state index contributed by atoms with van der Waals surface area (Å²) < 4.78 is 26.3. The predicted octanol–water partition coefficient (Wildman–Crippen LogP) is 3.24. The minimum absolute atomic E-state index is 0. The van der Waals surface area contributed by atoms with E-state index in [0.717, 1.165) is 25.9 Å². The van der Waals surface area contributed by atoms with Gasteiger partial charge in [-0.1, -0.05) is 48.5 Å². The lowest BCUT2D eigenvalue weighted by Gasteiger charge is -2.15. The summed E-state index contributed by atoms with van der Waals surface area (Å²) in [4.78, 5) is 4.87. The average Bonchev–Trinajstić information content (AvgIpc) is 2.70. The number of hydrogen-bond donors (Lipinski definition) is 2. The molecule has 0 aliphatic carbocycles. The van der Waals surface area contributed by atoms with Crippen LogP contribution >= 0.6 is 24.0 Å². The molecule has 29 heavy (non-hydrogen) atoms. The third-order valence-electron chi connectivity index (χ3n) is 4.26. The summed E-state index contributed by atoms with van der Waals surface area (Å²) in [6, 6.07) is 17.4. The maximum Gasteiger partial charge on any atom is 0.242 e. The maximum atomic E-state index is 12.5. The molecule has 0 amide bonds. The first-order valence-corrected chi connectivity index (χ1v) is 11.0. The van der Waals surface area contributed by atoms with E-state index >= 15 is 0 Å². The molecule has 0 aromatic heterocycles. The summed E-state index contributed by atoms with van der Waals surface area (Å²) in [6.45, 7) is 3.82. The Balaban J connectivity index is 0.00000420. The Hall–Kier alpha value is -1.65. The van der Waals surface area contributed by atoms with Crippen molar-refractivity contribution in [2.45, 2.75) is 31.2 Å². The second-order valence-corrected chi connectivity index (χ2v) is 8.73. The van der Waals surface area contributed by atoms with Crippen LogP contribution in [0.2, 0.25) is 0 Å². The van der Waals surface area contributed by atoms with Gasteiger partial charge in [-0.15, -0.1) is 24.0 Å². The highest BCUT2D eigenvalue weighted by Crippen LogP contribution is 2.19. The molecule has 6 nitrogen and oxygen atoms in total. The number of rotatable bonds is 9. The van der Waals surface area contributed by atoms with Crippen LogP contribution in [-0.4, -0.2) is 45.9 Å². The molecule has 2 aromatic rings. The fourth-order valence-corrected chi connectivity index (χ4v) is 3.84. The summed E-state index contributed by atoms with van der Waals surface area (Å²) in [5, 5.41) is 6.53. The normalized spacial score (nSPS) is 11.8. The molecule has 2 aromatic carbocycles. The molecule has 0 aliphatic rings. The second-order valence-electron chi connectivity index (χ2n) is 6.61. The molecule has 0 saturated carbocycles. The lowest BCUT2D eigenvalue weighted by atomic mass is 10.1. The van der Waals surface area contributed by atoms with Crippen LogP contribution in [0, 0.1) is 0 Å². The average molecular weight is 530 g/mol. The first-order valence-electron chi connectivity index (χ1n) is 9.51. The van der Waals surface area contributed by atoms with Crippen molar-refractivity contribution in [2.24, 2.45) is 4.99 Å². The number of nitrogens with zero attached hydrogens (tertiary/aromatic N) is 2. The van der Waals surface area contributed by atoms with E-state index in [1.54, 1.807) is 18.2 Å². The van der Waals surface area contributed by atoms with Crippen molar-refractivity contribution in [3.63, 3.8) is 0 Å². The van der Waals surface area contributed by atoms with Crippen LogP contribution in [0.5, 0.6) is 0 Å². The zero-order valence-corrected chi connectivity index (χ0v) is 20.4. The Morgan fingerprint density at radius 2 is 1.66 bits per heavy atom. The van der Waals surface area contributed by atoms with E-state index in [2.05, 4.69) is 27.8 Å². The molecule has 0 atom stereocenters. The SMILES string of the molecule is CCNC(=NCc1ccccc1S(=O)(=O)N(C)C)NCCCc1ccccc1.I. The zero-order valence-electron chi connectivity index (χ0n) is 17.3. The van der Waals surface area contributed by atoms with Crippen LogP contribution in [-0.2, 0) is 23.0 Å². The largest absolute Gasteiger partial charge is 0.357 e. The van der Waals surface area contributed by atoms with Gasteiger partial charge in [0, 0.05) is 27.2 Å². The van der Waals surface area contributed by atoms with Crippen LogP contribution in [0.4, 0.5) is 0 Å². The molecule has 0 bridgehead atoms. The molecule has 0 aliphatic heterocycles. The van der Waals surface area contributed by atoms with E-state index in [-0.39, 0.29) is 30.5 Å². The van der Waals surface area contributed by atoms with Crippen LogP contribution in [0.25, 0.3) is 0 Å². The monoisotopic (exact) mass is 530 g/mol. The van der Waals surface area contributed by atoms with Crippen molar-refractivity contribution in [3.05, 3.63) is 65.7 Å². The molecule has 0 unspecified atom stereocenters. The topological polar surface area (TPSA) is 73.8 Å². The number of aliphatic imine (C=N–C) groups is 1.